The molecule has 0 unspecified atom stereocenters. The van der Waals surface area contributed by atoms with E-state index in [9.17, 15) is 13.2 Å². The van der Waals surface area contributed by atoms with Crippen LogP contribution >= 0.6 is 11.6 Å². The highest BCUT2D eigenvalue weighted by molar-refractivity contribution is 7.89. The number of hydrogen-bond donors (Lipinski definition) is 1. The van der Waals surface area contributed by atoms with Crippen LogP contribution in [0.3, 0.4) is 0 Å². The zero-order valence-corrected chi connectivity index (χ0v) is 18.7. The van der Waals surface area contributed by atoms with Crippen LogP contribution in [0.15, 0.2) is 72.8 Å². The van der Waals surface area contributed by atoms with E-state index in [4.69, 9.17) is 16.3 Å². The van der Waals surface area contributed by atoms with Crippen molar-refractivity contribution >= 4 is 38.4 Å². The summed E-state index contributed by atoms with van der Waals surface area (Å²) in [5.74, 6) is -0.603. The van der Waals surface area contributed by atoms with E-state index in [0.29, 0.717) is 28.3 Å². The van der Waals surface area contributed by atoms with Crippen molar-refractivity contribution in [1.29, 1.82) is 0 Å². The van der Waals surface area contributed by atoms with Gasteiger partial charge in [0, 0.05) is 10.4 Å². The summed E-state index contributed by atoms with van der Waals surface area (Å²) in [6.07, 6.45) is 0. The van der Waals surface area contributed by atoms with Crippen LogP contribution in [0.4, 0.5) is 0 Å². The molecule has 1 N–H and O–H groups in total. The third kappa shape index (κ3) is 4.92. The van der Waals surface area contributed by atoms with Gasteiger partial charge in [0.05, 0.1) is 24.9 Å². The van der Waals surface area contributed by atoms with Crippen molar-refractivity contribution in [3.8, 4) is 5.75 Å². The zero-order chi connectivity index (χ0) is 22.7. The lowest BCUT2D eigenvalue weighted by Gasteiger charge is -2.07. The molecule has 164 valence electrons. The molecule has 0 spiro atoms. The molecule has 0 saturated heterocycles. The second-order valence-corrected chi connectivity index (χ2v) is 9.35. The zero-order valence-electron chi connectivity index (χ0n) is 17.2. The Morgan fingerprint density at radius 2 is 1.78 bits per heavy atom. The molecule has 1 heterocycles. The third-order valence-corrected chi connectivity index (χ3v) is 6.32. The van der Waals surface area contributed by atoms with Crippen LogP contribution in [-0.2, 0) is 22.3 Å². The van der Waals surface area contributed by atoms with Gasteiger partial charge >= 0.3 is 0 Å². The van der Waals surface area contributed by atoms with E-state index in [-0.39, 0.29) is 11.4 Å². The Bertz CT molecular complexity index is 1380. The van der Waals surface area contributed by atoms with Crippen molar-refractivity contribution in [2.45, 2.75) is 12.3 Å². The maximum atomic E-state index is 12.9. The predicted molar refractivity (Wildman–Crippen MR) is 123 cm³/mol. The highest BCUT2D eigenvalue weighted by Gasteiger charge is 2.22. The molecule has 0 radical (unpaired) electrons. The minimum atomic E-state index is -3.95. The molecular weight excluding hydrogens is 450 g/mol. The van der Waals surface area contributed by atoms with Crippen LogP contribution in [0.5, 0.6) is 5.75 Å². The number of benzene rings is 3. The summed E-state index contributed by atoms with van der Waals surface area (Å²) in [6.45, 7) is 0.404. The van der Waals surface area contributed by atoms with Crippen LogP contribution < -0.4 is 9.46 Å². The fourth-order valence-electron chi connectivity index (χ4n) is 3.39. The van der Waals surface area contributed by atoms with Crippen LogP contribution in [0.25, 0.3) is 10.9 Å². The summed E-state index contributed by atoms with van der Waals surface area (Å²) in [6, 6.07) is 21.2. The van der Waals surface area contributed by atoms with Crippen LogP contribution in [0, 0.1) is 0 Å². The number of amides is 1. The Hall–Kier alpha value is -3.36. The van der Waals surface area contributed by atoms with E-state index >= 15 is 0 Å². The van der Waals surface area contributed by atoms with Gasteiger partial charge in [-0.1, -0.05) is 54.1 Å². The average molecular weight is 470 g/mol. The molecule has 3 aromatic carbocycles. The van der Waals surface area contributed by atoms with Crippen LogP contribution in [0.1, 0.15) is 21.6 Å². The number of halogens is 1. The minimum absolute atomic E-state index is 0.0452. The van der Waals surface area contributed by atoms with E-state index in [0.717, 1.165) is 11.1 Å². The lowest BCUT2D eigenvalue weighted by molar-refractivity contribution is 0.0977. The monoisotopic (exact) mass is 469 g/mol. The molecule has 0 aliphatic heterocycles. The number of ether oxygens (including phenoxy) is 1. The lowest BCUT2D eigenvalue weighted by atomic mass is 10.2. The van der Waals surface area contributed by atoms with Gasteiger partial charge in [-0.05, 0) is 41.5 Å². The van der Waals surface area contributed by atoms with Gasteiger partial charge in [-0.15, -0.1) is 0 Å². The van der Waals surface area contributed by atoms with Crippen molar-refractivity contribution < 1.29 is 17.9 Å². The van der Waals surface area contributed by atoms with Gasteiger partial charge in [-0.3, -0.25) is 9.48 Å². The first kappa shape index (κ1) is 21.9. The Kier molecular flexibility index (Phi) is 6.16. The second kappa shape index (κ2) is 9.02. The molecule has 0 aliphatic rings. The first-order valence-electron chi connectivity index (χ1n) is 9.72. The Morgan fingerprint density at radius 1 is 1.03 bits per heavy atom. The summed E-state index contributed by atoms with van der Waals surface area (Å²) >= 11 is 5.95. The van der Waals surface area contributed by atoms with Gasteiger partial charge in [-0.25, -0.2) is 13.1 Å². The Morgan fingerprint density at radius 3 is 2.53 bits per heavy atom. The summed E-state index contributed by atoms with van der Waals surface area (Å²) < 4.78 is 34.2. The standard InChI is InChI=1S/C23H20ClN3O4S/c1-31-19-6-4-5-17(13-19)15-32(29,30)26-23(28)22-20-7-2-3-8-21(20)27(25-22)14-16-9-11-18(24)12-10-16/h2-13H,14-15H2,1H3,(H,26,28). The Labute approximate surface area is 190 Å². The van der Waals surface area contributed by atoms with Crippen LogP contribution in [-0.4, -0.2) is 31.2 Å². The summed E-state index contributed by atoms with van der Waals surface area (Å²) in [5, 5.41) is 5.60. The lowest BCUT2D eigenvalue weighted by Crippen LogP contribution is -2.32. The summed E-state index contributed by atoms with van der Waals surface area (Å²) in [4.78, 5) is 12.9. The van der Waals surface area contributed by atoms with Crippen molar-refractivity contribution in [3.05, 3.63) is 94.6 Å². The number of hydrogen-bond acceptors (Lipinski definition) is 5. The maximum absolute atomic E-state index is 12.9. The molecule has 4 aromatic rings. The molecule has 0 atom stereocenters. The molecule has 4 rings (SSSR count). The topological polar surface area (TPSA) is 90.3 Å². The van der Waals surface area contributed by atoms with E-state index < -0.39 is 15.9 Å². The molecule has 1 amide bonds. The smallest absolute Gasteiger partial charge is 0.285 e. The number of carbonyl (C=O) groups is 1. The number of aromatic nitrogens is 2. The number of sulfonamides is 1. The first-order valence-corrected chi connectivity index (χ1v) is 11.8. The molecule has 0 saturated carbocycles. The summed E-state index contributed by atoms with van der Waals surface area (Å²) in [7, 11) is -2.45. The van der Waals surface area contributed by atoms with Gasteiger partial charge < -0.3 is 4.74 Å². The van der Waals surface area contributed by atoms with E-state index in [1.807, 2.05) is 24.3 Å². The molecule has 7 nitrogen and oxygen atoms in total. The maximum Gasteiger partial charge on any atom is 0.285 e. The van der Waals surface area contributed by atoms with Crippen molar-refractivity contribution in [2.24, 2.45) is 0 Å². The molecule has 0 bridgehead atoms. The number of carbonyl (C=O) groups excluding carboxylic acids is 1. The predicted octanol–water partition coefficient (Wildman–Crippen LogP) is 4.01. The summed E-state index contributed by atoms with van der Waals surface area (Å²) in [5.41, 5.74) is 2.21. The highest BCUT2D eigenvalue weighted by Crippen LogP contribution is 2.21. The fraction of sp³-hybridized carbons (Fsp3) is 0.130. The third-order valence-electron chi connectivity index (χ3n) is 4.86. The fourth-order valence-corrected chi connectivity index (χ4v) is 4.58. The molecule has 9 heteroatoms. The molecule has 1 aromatic heterocycles. The van der Waals surface area contributed by atoms with Gasteiger partial charge in [0.2, 0.25) is 10.0 Å². The highest BCUT2D eigenvalue weighted by atomic mass is 35.5. The van der Waals surface area contributed by atoms with Crippen molar-refractivity contribution in [3.63, 3.8) is 0 Å². The quantitative estimate of drug-likeness (QED) is 0.441. The van der Waals surface area contributed by atoms with Gasteiger partial charge in [0.15, 0.2) is 5.69 Å². The molecule has 0 fully saturated rings. The number of nitrogens with zero attached hydrogens (tertiary/aromatic N) is 2. The van der Waals surface area contributed by atoms with Crippen molar-refractivity contribution in [1.82, 2.24) is 14.5 Å². The minimum Gasteiger partial charge on any atom is -0.497 e. The first-order chi connectivity index (χ1) is 15.3. The number of para-hydroxylation sites is 1. The average Bonchev–Trinajstić information content (AvgIpc) is 3.13. The SMILES string of the molecule is COc1cccc(CS(=O)(=O)NC(=O)c2nn(Cc3ccc(Cl)cc3)c3ccccc23)c1. The second-order valence-electron chi connectivity index (χ2n) is 7.19. The Balaban J connectivity index is 1.59. The number of rotatable bonds is 7. The van der Waals surface area contributed by atoms with Gasteiger partial charge in [0.25, 0.3) is 5.91 Å². The number of nitrogens with one attached hydrogen (secondary N) is 1. The number of fused-ring (bicyclic) bond motifs is 1. The molecule has 0 aliphatic carbocycles. The molecular formula is C23H20ClN3O4S. The van der Waals surface area contributed by atoms with E-state index in [1.54, 1.807) is 53.2 Å². The van der Waals surface area contributed by atoms with Gasteiger partial charge in [0.1, 0.15) is 5.75 Å². The van der Waals surface area contributed by atoms with E-state index in [1.165, 1.54) is 7.11 Å². The molecule has 32 heavy (non-hydrogen) atoms. The van der Waals surface area contributed by atoms with Crippen molar-refractivity contribution in [2.75, 3.05) is 7.11 Å². The van der Waals surface area contributed by atoms with E-state index in [2.05, 4.69) is 9.82 Å². The largest absolute Gasteiger partial charge is 0.497 e. The number of methoxy groups -OCH3 is 1. The van der Waals surface area contributed by atoms with Crippen LogP contribution in [0.2, 0.25) is 5.02 Å². The normalized spacial score (nSPS) is 11.4. The van der Waals surface area contributed by atoms with Gasteiger partial charge in [-0.2, -0.15) is 5.10 Å².